The highest BCUT2D eigenvalue weighted by Crippen LogP contribution is 2.38. The second kappa shape index (κ2) is 8.24. The van der Waals surface area contributed by atoms with Crippen molar-refractivity contribution in [2.24, 2.45) is 0 Å². The minimum Gasteiger partial charge on any atom is -0.434 e. The van der Waals surface area contributed by atoms with Gasteiger partial charge in [-0.1, -0.05) is 24.6 Å². The Morgan fingerprint density at radius 3 is 2.46 bits per heavy atom. The Morgan fingerprint density at radius 1 is 1.23 bits per heavy atom. The summed E-state index contributed by atoms with van der Waals surface area (Å²) in [6, 6.07) is 4.09. The molecule has 144 valence electrons. The summed E-state index contributed by atoms with van der Waals surface area (Å²) < 4.78 is 69.0. The van der Waals surface area contributed by atoms with Crippen LogP contribution in [0.1, 0.15) is 31.5 Å². The zero-order valence-electron chi connectivity index (χ0n) is 14.2. The fraction of sp³-hybridized carbons (Fsp3) is 0.471. The van der Waals surface area contributed by atoms with E-state index in [2.05, 4.69) is 9.84 Å². The highest BCUT2D eigenvalue weighted by molar-refractivity contribution is 6.33. The second-order valence-electron chi connectivity index (χ2n) is 5.60. The van der Waals surface area contributed by atoms with Crippen molar-refractivity contribution in [3.8, 4) is 17.0 Å². The third kappa shape index (κ3) is 4.87. The molecular formula is C17H18ClF5N2O. The largest absolute Gasteiger partial charge is 0.434 e. The molecule has 0 amide bonds. The van der Waals surface area contributed by atoms with Gasteiger partial charge in [-0.05, 0) is 37.5 Å². The summed E-state index contributed by atoms with van der Waals surface area (Å²) in [5.41, 5.74) is 1.52. The number of benzene rings is 1. The molecule has 2 aromatic rings. The minimum absolute atomic E-state index is 0.223. The van der Waals surface area contributed by atoms with E-state index in [1.54, 1.807) is 4.68 Å². The Labute approximate surface area is 152 Å². The van der Waals surface area contributed by atoms with E-state index in [1.165, 1.54) is 18.2 Å². The van der Waals surface area contributed by atoms with Crippen LogP contribution < -0.4 is 4.74 Å². The van der Waals surface area contributed by atoms with E-state index in [0.29, 0.717) is 29.4 Å². The van der Waals surface area contributed by atoms with Crippen molar-refractivity contribution < 1.29 is 26.7 Å². The van der Waals surface area contributed by atoms with Gasteiger partial charge in [0.15, 0.2) is 0 Å². The molecule has 26 heavy (non-hydrogen) atoms. The molecule has 0 saturated heterocycles. The molecule has 0 N–H and O–H groups in total. The summed E-state index contributed by atoms with van der Waals surface area (Å²) in [7, 11) is 0. The molecule has 2 rings (SSSR count). The second-order valence-corrected chi connectivity index (χ2v) is 5.98. The van der Waals surface area contributed by atoms with Gasteiger partial charge >= 0.3 is 12.8 Å². The van der Waals surface area contributed by atoms with Crippen LogP contribution in [0.2, 0.25) is 5.02 Å². The van der Waals surface area contributed by atoms with Crippen LogP contribution in [0.25, 0.3) is 11.3 Å². The minimum atomic E-state index is -4.33. The summed E-state index contributed by atoms with van der Waals surface area (Å²) >= 11 is 6.34. The van der Waals surface area contributed by atoms with Crippen molar-refractivity contribution in [2.45, 2.75) is 52.4 Å². The molecule has 1 aromatic carbocycles. The first-order valence-corrected chi connectivity index (χ1v) is 8.44. The number of hydrogen-bond donors (Lipinski definition) is 0. The Hall–Kier alpha value is -1.83. The fourth-order valence-corrected chi connectivity index (χ4v) is 2.97. The van der Waals surface area contributed by atoms with Crippen LogP contribution in [0.3, 0.4) is 0 Å². The molecular weight excluding hydrogens is 379 g/mol. The fourth-order valence-electron chi connectivity index (χ4n) is 2.60. The number of alkyl halides is 5. The Balaban J connectivity index is 2.50. The van der Waals surface area contributed by atoms with Crippen molar-refractivity contribution in [3.05, 3.63) is 34.5 Å². The van der Waals surface area contributed by atoms with Crippen LogP contribution in [0.4, 0.5) is 22.0 Å². The molecule has 0 atom stereocenters. The molecule has 0 spiro atoms. The van der Waals surface area contributed by atoms with Gasteiger partial charge in [0.2, 0.25) is 0 Å². The van der Waals surface area contributed by atoms with Crippen molar-refractivity contribution in [3.63, 3.8) is 0 Å². The Morgan fingerprint density at radius 2 is 1.92 bits per heavy atom. The summed E-state index contributed by atoms with van der Waals surface area (Å²) in [5, 5.41) is 4.64. The molecule has 3 nitrogen and oxygen atoms in total. The van der Waals surface area contributed by atoms with Crippen LogP contribution in [0.5, 0.6) is 5.75 Å². The smallest absolute Gasteiger partial charge is 0.389 e. The van der Waals surface area contributed by atoms with Gasteiger partial charge in [-0.15, -0.1) is 0 Å². The van der Waals surface area contributed by atoms with Gasteiger partial charge in [0.05, 0.1) is 16.4 Å². The monoisotopic (exact) mass is 396 g/mol. The molecule has 0 aliphatic carbocycles. The molecule has 9 heteroatoms. The van der Waals surface area contributed by atoms with E-state index < -0.39 is 19.2 Å². The first-order chi connectivity index (χ1) is 12.2. The normalized spacial score (nSPS) is 12.0. The maximum atomic E-state index is 12.8. The predicted octanol–water partition coefficient (Wildman–Crippen LogP) is 5.88. The molecule has 1 heterocycles. The van der Waals surface area contributed by atoms with Crippen molar-refractivity contribution >= 4 is 11.6 Å². The molecule has 0 aliphatic heterocycles. The highest BCUT2D eigenvalue weighted by atomic mass is 35.5. The van der Waals surface area contributed by atoms with Crippen molar-refractivity contribution in [2.75, 3.05) is 0 Å². The quantitative estimate of drug-likeness (QED) is 0.546. The number of aromatic nitrogens is 2. The van der Waals surface area contributed by atoms with Crippen LogP contribution in [0, 0.1) is 0 Å². The van der Waals surface area contributed by atoms with Gasteiger partial charge in [0, 0.05) is 18.5 Å². The molecule has 0 radical (unpaired) electrons. The van der Waals surface area contributed by atoms with Crippen molar-refractivity contribution in [1.82, 2.24) is 9.78 Å². The molecule has 0 saturated carbocycles. The van der Waals surface area contributed by atoms with Crippen LogP contribution in [-0.2, 0) is 19.4 Å². The van der Waals surface area contributed by atoms with E-state index in [4.69, 9.17) is 11.6 Å². The molecule has 1 aromatic heterocycles. The Kier molecular flexibility index (Phi) is 6.49. The maximum Gasteiger partial charge on any atom is 0.389 e. The SMILES string of the molecule is CCc1nn(CC)c(-c2ccc(CCC(F)(F)F)cc2OC(F)F)c1Cl. The van der Waals surface area contributed by atoms with Crippen molar-refractivity contribution in [1.29, 1.82) is 0 Å². The van der Waals surface area contributed by atoms with E-state index >= 15 is 0 Å². The number of aryl methyl sites for hydroxylation is 3. The molecule has 0 aliphatic rings. The number of rotatable bonds is 7. The van der Waals surface area contributed by atoms with Gasteiger partial charge in [0.1, 0.15) is 5.75 Å². The summed E-state index contributed by atoms with van der Waals surface area (Å²) in [4.78, 5) is 0. The highest BCUT2D eigenvalue weighted by Gasteiger charge is 2.27. The van der Waals surface area contributed by atoms with Gasteiger partial charge in [-0.3, -0.25) is 4.68 Å². The van der Waals surface area contributed by atoms with E-state index in [9.17, 15) is 22.0 Å². The first kappa shape index (κ1) is 20.5. The summed E-state index contributed by atoms with van der Waals surface area (Å²) in [6.07, 6.45) is -5.16. The number of nitrogens with zero attached hydrogens (tertiary/aromatic N) is 2. The zero-order chi connectivity index (χ0) is 19.5. The Bertz CT molecular complexity index is 758. The zero-order valence-corrected chi connectivity index (χ0v) is 15.0. The molecule has 0 bridgehead atoms. The average molecular weight is 397 g/mol. The summed E-state index contributed by atoms with van der Waals surface area (Å²) in [6.45, 7) is 1.000. The third-order valence-electron chi connectivity index (χ3n) is 3.81. The lowest BCUT2D eigenvalue weighted by atomic mass is 10.0. The van der Waals surface area contributed by atoms with Gasteiger partial charge in [-0.2, -0.15) is 27.1 Å². The van der Waals surface area contributed by atoms with E-state index in [1.807, 2.05) is 13.8 Å². The van der Waals surface area contributed by atoms with Crippen LogP contribution >= 0.6 is 11.6 Å². The lowest BCUT2D eigenvalue weighted by Crippen LogP contribution is -2.09. The first-order valence-electron chi connectivity index (χ1n) is 8.06. The van der Waals surface area contributed by atoms with E-state index in [-0.39, 0.29) is 23.3 Å². The lowest BCUT2D eigenvalue weighted by molar-refractivity contribution is -0.134. The maximum absolute atomic E-state index is 12.8. The average Bonchev–Trinajstić information content (AvgIpc) is 2.88. The lowest BCUT2D eigenvalue weighted by Gasteiger charge is -2.14. The number of ether oxygens (including phenoxy) is 1. The van der Waals surface area contributed by atoms with Gasteiger partial charge < -0.3 is 4.74 Å². The number of halogens is 6. The predicted molar refractivity (Wildman–Crippen MR) is 88.7 cm³/mol. The molecule has 0 unspecified atom stereocenters. The number of hydrogen-bond acceptors (Lipinski definition) is 2. The summed E-state index contributed by atoms with van der Waals surface area (Å²) in [5.74, 6) is -0.223. The third-order valence-corrected chi connectivity index (χ3v) is 4.21. The van der Waals surface area contributed by atoms with Gasteiger partial charge in [-0.25, -0.2) is 0 Å². The van der Waals surface area contributed by atoms with Gasteiger partial charge in [0.25, 0.3) is 0 Å². The standard InChI is InChI=1S/C17H18ClF5N2O/c1-3-12-14(18)15(25(4-2)24-12)11-6-5-10(7-8-17(21,22)23)9-13(11)26-16(19)20/h5-6,9,16H,3-4,7-8H2,1-2H3. The topological polar surface area (TPSA) is 27.1 Å². The van der Waals surface area contributed by atoms with Crippen LogP contribution in [0.15, 0.2) is 18.2 Å². The molecule has 0 fully saturated rings. The van der Waals surface area contributed by atoms with Crippen LogP contribution in [-0.4, -0.2) is 22.6 Å². The van der Waals surface area contributed by atoms with E-state index in [0.717, 1.165) is 0 Å².